The van der Waals surface area contributed by atoms with E-state index in [9.17, 15) is 0 Å². The number of fused-ring (bicyclic) bond motifs is 3. The topological polar surface area (TPSA) is 0 Å². The zero-order valence-electron chi connectivity index (χ0n) is 23.0. The number of allylic oxidation sites excluding steroid dienone is 5. The molecule has 0 saturated carbocycles. The van der Waals surface area contributed by atoms with Crippen molar-refractivity contribution in [3.05, 3.63) is 122 Å². The van der Waals surface area contributed by atoms with Crippen molar-refractivity contribution in [3.8, 4) is 0 Å². The number of hydrogen-bond acceptors (Lipinski definition) is 0. The summed E-state index contributed by atoms with van der Waals surface area (Å²) in [6, 6.07) is 29.8. The van der Waals surface area contributed by atoms with E-state index in [2.05, 4.69) is 126 Å². The standard InChI is InChI=1S/C23H15.C9H13.C2H6Si.2ClH.Zr/c1-2-7-18-14-21-15-20(10-9-19(21)13-17(18)6-1)23-12-11-16-5-3-4-8-22(16)23;1-6-5-7(2)9(4)8(6)3;1-3-2;;;/h1-15H;6H,1-4H3;1-2H3;2*1H;/q;;;;;+2/p-2. The second kappa shape index (κ2) is 11.4. The molecule has 0 spiro atoms. The number of halogens is 2. The van der Waals surface area contributed by atoms with Crippen LogP contribution in [0.15, 0.2) is 105 Å². The fraction of sp³-hybridized carbons (Fsp3) is 0.235. The van der Waals surface area contributed by atoms with Crippen LogP contribution in [0.3, 0.4) is 0 Å². The molecule has 2 aliphatic rings. The van der Waals surface area contributed by atoms with E-state index in [0.717, 1.165) is 0 Å². The molecule has 0 radical (unpaired) electrons. The molecule has 4 aromatic carbocycles. The van der Waals surface area contributed by atoms with Gasteiger partial charge >= 0.3 is 225 Å². The largest absolute Gasteiger partial charge is 1.00 e. The third kappa shape index (κ3) is 4.77. The van der Waals surface area contributed by atoms with Gasteiger partial charge in [-0.25, -0.2) is 0 Å². The van der Waals surface area contributed by atoms with E-state index < -0.39 is 20.4 Å². The fourth-order valence-electron chi connectivity index (χ4n) is 6.50. The first kappa shape index (κ1) is 29.3. The third-order valence-corrected chi connectivity index (χ3v) is 27.3. The SMILES string of the molecule is CC1=C(C)C(C)[C]([Zr+2]([CH]2C=C(c3ccc4cc5ccccc5cc4c3)c3ccccc32)=[Si](C)C)=C1C.[Cl-].[Cl-]. The summed E-state index contributed by atoms with van der Waals surface area (Å²) in [5, 5.41) is 5.29. The molecule has 0 aromatic heterocycles. The van der Waals surface area contributed by atoms with E-state index >= 15 is 0 Å². The molecule has 0 heterocycles. The van der Waals surface area contributed by atoms with Gasteiger partial charge in [0.1, 0.15) is 0 Å². The van der Waals surface area contributed by atoms with Crippen LogP contribution in [0.4, 0.5) is 0 Å². The van der Waals surface area contributed by atoms with Crippen LogP contribution in [0.2, 0.25) is 13.1 Å². The molecular formula is C34H34Cl2SiZr. The molecule has 0 bridgehead atoms. The fourth-order valence-corrected chi connectivity index (χ4v) is 26.2. The Morgan fingerprint density at radius 2 is 1.29 bits per heavy atom. The zero-order valence-corrected chi connectivity index (χ0v) is 28.0. The minimum Gasteiger partial charge on any atom is -1.00 e. The van der Waals surface area contributed by atoms with Crippen molar-refractivity contribution in [1.29, 1.82) is 0 Å². The van der Waals surface area contributed by atoms with Crippen molar-refractivity contribution in [2.24, 2.45) is 5.92 Å². The summed E-state index contributed by atoms with van der Waals surface area (Å²) in [7, 11) is 0. The number of hydrogen-bond donors (Lipinski definition) is 0. The Bertz CT molecular complexity index is 1700. The molecule has 192 valence electrons. The molecule has 4 heteroatoms. The average molecular weight is 633 g/mol. The van der Waals surface area contributed by atoms with Crippen LogP contribution >= 0.6 is 0 Å². The monoisotopic (exact) mass is 630 g/mol. The molecule has 0 N–H and O–H groups in total. The molecule has 4 aromatic rings. The Labute approximate surface area is 248 Å². The van der Waals surface area contributed by atoms with Gasteiger partial charge in [-0.1, -0.05) is 0 Å². The molecule has 2 aliphatic carbocycles. The second-order valence-corrected chi connectivity index (χ2v) is 28.3. The van der Waals surface area contributed by atoms with Gasteiger partial charge in [-0.3, -0.25) is 0 Å². The normalized spacial score (nSPS) is 18.1. The summed E-state index contributed by atoms with van der Waals surface area (Å²) in [6.07, 6.45) is 2.70. The van der Waals surface area contributed by atoms with Gasteiger partial charge in [0, 0.05) is 0 Å². The van der Waals surface area contributed by atoms with Crippen LogP contribution in [-0.2, 0) is 20.4 Å². The van der Waals surface area contributed by atoms with E-state index in [1.54, 1.807) is 22.3 Å². The maximum absolute atomic E-state index is 2.70. The van der Waals surface area contributed by atoms with Gasteiger partial charge < -0.3 is 24.8 Å². The maximum atomic E-state index is 2.70. The van der Waals surface area contributed by atoms with E-state index in [0.29, 0.717) is 9.54 Å². The Hall–Kier alpha value is -1.70. The van der Waals surface area contributed by atoms with Gasteiger partial charge in [-0.15, -0.1) is 0 Å². The van der Waals surface area contributed by atoms with Gasteiger partial charge in [0.2, 0.25) is 0 Å². The van der Waals surface area contributed by atoms with Gasteiger partial charge in [0.05, 0.1) is 0 Å². The third-order valence-electron chi connectivity index (χ3n) is 8.72. The molecule has 0 saturated heterocycles. The van der Waals surface area contributed by atoms with Gasteiger partial charge in [-0.05, 0) is 0 Å². The van der Waals surface area contributed by atoms with Crippen LogP contribution in [0.5, 0.6) is 0 Å². The van der Waals surface area contributed by atoms with Crippen molar-refractivity contribution in [2.75, 3.05) is 0 Å². The molecule has 2 unspecified atom stereocenters. The molecule has 38 heavy (non-hydrogen) atoms. The summed E-state index contributed by atoms with van der Waals surface area (Å²) in [5.74, 6) is 0.637. The Morgan fingerprint density at radius 3 is 1.92 bits per heavy atom. The molecule has 0 fully saturated rings. The van der Waals surface area contributed by atoms with E-state index in [4.69, 9.17) is 0 Å². The summed E-state index contributed by atoms with van der Waals surface area (Å²) < 4.78 is 2.54. The van der Waals surface area contributed by atoms with Crippen LogP contribution in [0, 0.1) is 5.92 Å². The second-order valence-electron chi connectivity index (χ2n) is 10.9. The van der Waals surface area contributed by atoms with E-state index in [1.807, 2.05) is 3.28 Å². The first-order valence-corrected chi connectivity index (χ1v) is 22.0. The van der Waals surface area contributed by atoms with Crippen molar-refractivity contribution >= 4 is 32.6 Å². The first-order valence-electron chi connectivity index (χ1n) is 13.2. The molecule has 0 aliphatic heterocycles. The van der Waals surface area contributed by atoms with Crippen molar-refractivity contribution < 1.29 is 45.2 Å². The van der Waals surface area contributed by atoms with Crippen LogP contribution in [-0.4, -0.2) is 5.43 Å². The van der Waals surface area contributed by atoms with Crippen LogP contribution in [0.25, 0.3) is 27.1 Å². The molecule has 0 amide bonds. The summed E-state index contributed by atoms with van der Waals surface area (Å²) in [5.41, 5.74) is 10.3. The quantitative estimate of drug-likeness (QED) is 0.239. The van der Waals surface area contributed by atoms with Gasteiger partial charge in [0.15, 0.2) is 0 Å². The Morgan fingerprint density at radius 1 is 0.684 bits per heavy atom. The Balaban J connectivity index is 0.00000168. The predicted octanol–water partition coefficient (Wildman–Crippen LogP) is 3.62. The summed E-state index contributed by atoms with van der Waals surface area (Å²) in [6.45, 7) is 14.8. The van der Waals surface area contributed by atoms with Crippen LogP contribution in [0.1, 0.15) is 48.0 Å². The molecular weight excluding hydrogens is 599 g/mol. The average Bonchev–Trinajstić information content (AvgIpc) is 3.35. The molecule has 0 nitrogen and oxygen atoms in total. The minimum atomic E-state index is -1.98. The zero-order chi connectivity index (χ0) is 25.1. The minimum absolute atomic E-state index is 0. The maximum Gasteiger partial charge on any atom is -1.00 e. The van der Waals surface area contributed by atoms with Crippen molar-refractivity contribution in [1.82, 2.24) is 0 Å². The van der Waals surface area contributed by atoms with Crippen LogP contribution < -0.4 is 24.8 Å². The molecule has 2 atom stereocenters. The van der Waals surface area contributed by atoms with Crippen molar-refractivity contribution in [2.45, 2.75) is 44.4 Å². The summed E-state index contributed by atoms with van der Waals surface area (Å²) in [4.78, 5) is 0. The van der Waals surface area contributed by atoms with Gasteiger partial charge in [-0.2, -0.15) is 0 Å². The van der Waals surface area contributed by atoms with E-state index in [1.165, 1.54) is 38.2 Å². The smallest absolute Gasteiger partial charge is 1.00 e. The number of benzene rings is 4. The number of rotatable bonds is 3. The summed E-state index contributed by atoms with van der Waals surface area (Å²) >= 11 is -1.98. The van der Waals surface area contributed by atoms with Crippen molar-refractivity contribution in [3.63, 3.8) is 0 Å². The molecule has 6 rings (SSSR count). The van der Waals surface area contributed by atoms with Gasteiger partial charge in [0.25, 0.3) is 0 Å². The Kier molecular flexibility index (Phi) is 8.80. The predicted molar refractivity (Wildman–Crippen MR) is 155 cm³/mol. The first-order chi connectivity index (χ1) is 17.3. The van der Waals surface area contributed by atoms with E-state index in [-0.39, 0.29) is 30.2 Å².